The number of unbranched alkanes of at least 4 members (excludes halogenated alkanes) is 12. The number of phosphoric acid groups is 1. The number of carbonyl (C=O) groups excluding carboxylic acids is 3. The Morgan fingerprint density at radius 1 is 0.750 bits per heavy atom. The van der Waals surface area contributed by atoms with E-state index in [0.717, 1.165) is 77.0 Å². The number of esters is 2. The molecule has 0 spiro atoms. The Morgan fingerprint density at radius 2 is 1.32 bits per heavy atom. The van der Waals surface area contributed by atoms with Crippen molar-refractivity contribution in [3.05, 3.63) is 48.6 Å². The van der Waals surface area contributed by atoms with E-state index in [-0.39, 0.29) is 36.9 Å². The van der Waals surface area contributed by atoms with Crippen LogP contribution in [-0.2, 0) is 37.5 Å². The Labute approximate surface area is 360 Å². The smallest absolute Gasteiger partial charge is 0.462 e. The number of ketones is 1. The van der Waals surface area contributed by atoms with Crippen LogP contribution in [-0.4, -0.2) is 93.9 Å². The number of rotatable bonds is 38. The zero-order valence-corrected chi connectivity index (χ0v) is 37.5. The molecule has 1 aliphatic carbocycles. The van der Waals surface area contributed by atoms with Crippen molar-refractivity contribution in [1.82, 2.24) is 0 Å². The lowest BCUT2D eigenvalue weighted by Gasteiger charge is -2.20. The van der Waals surface area contributed by atoms with Crippen molar-refractivity contribution in [2.75, 3.05) is 26.4 Å². The molecule has 0 amide bonds. The highest BCUT2D eigenvalue weighted by Gasteiger charge is 2.39. The molecule has 1 saturated carbocycles. The highest BCUT2D eigenvalue weighted by Crippen LogP contribution is 2.43. The zero-order chi connectivity index (χ0) is 44.3. The van der Waals surface area contributed by atoms with E-state index in [0.29, 0.717) is 32.1 Å². The molecular formula is C46H79O13P. The van der Waals surface area contributed by atoms with Gasteiger partial charge in [-0.2, -0.15) is 0 Å². The highest BCUT2D eigenvalue weighted by atomic mass is 31.2. The predicted octanol–water partition coefficient (Wildman–Crippen LogP) is 8.70. The Hall–Kier alpha value is -2.48. The Kier molecular flexibility index (Phi) is 33.4. The van der Waals surface area contributed by atoms with Gasteiger partial charge in [0.05, 0.1) is 32.0 Å². The van der Waals surface area contributed by atoms with Gasteiger partial charge in [-0.25, -0.2) is 4.57 Å². The van der Waals surface area contributed by atoms with Crippen molar-refractivity contribution in [2.24, 2.45) is 11.8 Å². The summed E-state index contributed by atoms with van der Waals surface area (Å²) < 4.78 is 32.7. The minimum absolute atomic E-state index is 0.0206. The van der Waals surface area contributed by atoms with Crippen molar-refractivity contribution in [3.8, 4) is 0 Å². The Bertz CT molecular complexity index is 1300. The fourth-order valence-corrected chi connectivity index (χ4v) is 7.57. The van der Waals surface area contributed by atoms with Gasteiger partial charge in [-0.15, -0.1) is 0 Å². The summed E-state index contributed by atoms with van der Waals surface area (Å²) in [5, 5.41) is 39.1. The summed E-state index contributed by atoms with van der Waals surface area (Å²) >= 11 is 0. The molecule has 0 aromatic rings. The second-order valence-electron chi connectivity index (χ2n) is 15.8. The normalized spacial score (nSPS) is 19.8. The first-order chi connectivity index (χ1) is 28.9. The molecule has 0 heterocycles. The van der Waals surface area contributed by atoms with E-state index in [1.807, 2.05) is 0 Å². The summed E-state index contributed by atoms with van der Waals surface area (Å²) in [4.78, 5) is 47.8. The number of phosphoric ester groups is 1. The number of Topliss-reactive ketones (excluding diaryl/α,β-unsaturated/α-hetero) is 1. The van der Waals surface area contributed by atoms with Crippen molar-refractivity contribution in [2.45, 2.75) is 186 Å². The van der Waals surface area contributed by atoms with Crippen LogP contribution in [0.2, 0.25) is 0 Å². The third-order valence-corrected chi connectivity index (χ3v) is 11.3. The number of hydrogen-bond donors (Lipinski definition) is 5. The number of aliphatic hydroxyl groups is 4. The molecule has 0 aromatic heterocycles. The van der Waals surface area contributed by atoms with Crippen LogP contribution in [0.15, 0.2) is 48.6 Å². The minimum atomic E-state index is -4.69. The summed E-state index contributed by atoms with van der Waals surface area (Å²) in [5.74, 6) is -1.73. The average molecular weight is 871 g/mol. The molecule has 0 radical (unpaired) electrons. The summed E-state index contributed by atoms with van der Waals surface area (Å²) in [7, 11) is -4.69. The lowest BCUT2D eigenvalue weighted by atomic mass is 9.88. The maximum atomic E-state index is 12.7. The van der Waals surface area contributed by atoms with Crippen molar-refractivity contribution < 1.29 is 62.8 Å². The first-order valence-corrected chi connectivity index (χ1v) is 24.2. The van der Waals surface area contributed by atoms with Gasteiger partial charge in [0.1, 0.15) is 18.5 Å². The van der Waals surface area contributed by atoms with Crippen LogP contribution in [0.5, 0.6) is 0 Å². The molecule has 14 heteroatoms. The van der Waals surface area contributed by atoms with Gasteiger partial charge < -0.3 is 34.8 Å². The quantitative estimate of drug-likeness (QED) is 0.0171. The lowest BCUT2D eigenvalue weighted by Crippen LogP contribution is -2.29. The number of allylic oxidation sites excluding steroid dienone is 6. The highest BCUT2D eigenvalue weighted by molar-refractivity contribution is 7.47. The summed E-state index contributed by atoms with van der Waals surface area (Å²) in [6, 6.07) is 0. The molecule has 1 fully saturated rings. The standard InChI is InChI=1S/C46H79O13P/c1-3-5-7-8-9-10-11-12-13-14-15-16-17-18-19-20-25-29-45(52)56-36-40(37-58-60(54,55)57-35-39(49)34-47)59-46(53)30-26-22-21-24-28-41-42(44(51)33-43(41)50)32-31-38(48)27-23-6-4-2/h9-10,12-13,15-16,31-32,38-42,44,47-49,51H,3-8,11,14,17-30,33-37H2,1-2H3,(H,54,55)/b10-9-,13-12-,16-15-,32-31+/t38-,39-,40+,41+,42+,44+/m0/s1. The molecule has 0 aliphatic heterocycles. The molecule has 1 aliphatic rings. The fraction of sp³-hybridized carbons (Fsp3) is 0.761. The van der Waals surface area contributed by atoms with E-state index in [4.69, 9.17) is 19.1 Å². The van der Waals surface area contributed by atoms with Crippen LogP contribution in [0.3, 0.4) is 0 Å². The number of hydrogen-bond acceptors (Lipinski definition) is 12. The van der Waals surface area contributed by atoms with Gasteiger partial charge in [0.2, 0.25) is 0 Å². The van der Waals surface area contributed by atoms with Crippen LogP contribution in [0.4, 0.5) is 0 Å². The van der Waals surface area contributed by atoms with Crippen LogP contribution in [0.1, 0.15) is 162 Å². The SMILES string of the molecule is CCCCC/C=C\C/C=C\C/C=C\CCCCCCC(=O)OC[C@H](COP(=O)(O)OC[C@@H](O)CO)OC(=O)CCCCCC[C@H]1C(=O)C[C@@H](O)[C@@H]1/C=C/[C@@H](O)CCCCC. The summed E-state index contributed by atoms with van der Waals surface area (Å²) in [6.07, 6.45) is 31.1. The molecule has 7 atom stereocenters. The van der Waals surface area contributed by atoms with Gasteiger partial charge in [-0.05, 0) is 64.2 Å². The molecule has 346 valence electrons. The van der Waals surface area contributed by atoms with Crippen LogP contribution in [0, 0.1) is 11.8 Å². The third-order valence-electron chi connectivity index (χ3n) is 10.4. The molecule has 0 saturated heterocycles. The molecular weight excluding hydrogens is 791 g/mol. The molecule has 0 aromatic carbocycles. The van der Waals surface area contributed by atoms with E-state index in [9.17, 15) is 39.2 Å². The van der Waals surface area contributed by atoms with E-state index >= 15 is 0 Å². The first-order valence-electron chi connectivity index (χ1n) is 22.7. The van der Waals surface area contributed by atoms with Gasteiger partial charge in [-0.1, -0.05) is 127 Å². The van der Waals surface area contributed by atoms with E-state index in [2.05, 4.69) is 54.8 Å². The largest absolute Gasteiger partial charge is 0.472 e. The van der Waals surface area contributed by atoms with Crippen LogP contribution in [0.25, 0.3) is 0 Å². The van der Waals surface area contributed by atoms with Gasteiger partial charge in [0.25, 0.3) is 0 Å². The Morgan fingerprint density at radius 3 is 1.97 bits per heavy atom. The number of aliphatic hydroxyl groups excluding tert-OH is 4. The van der Waals surface area contributed by atoms with Gasteiger partial charge in [-0.3, -0.25) is 23.4 Å². The summed E-state index contributed by atoms with van der Waals surface area (Å²) in [5.41, 5.74) is 0. The molecule has 1 unspecified atom stereocenters. The average Bonchev–Trinajstić information content (AvgIpc) is 3.49. The zero-order valence-electron chi connectivity index (χ0n) is 36.6. The van der Waals surface area contributed by atoms with E-state index in [1.165, 1.54) is 19.3 Å². The molecule has 1 rings (SSSR count). The predicted molar refractivity (Wildman–Crippen MR) is 234 cm³/mol. The van der Waals surface area contributed by atoms with Gasteiger partial charge in [0.15, 0.2) is 6.10 Å². The lowest BCUT2D eigenvalue weighted by molar-refractivity contribution is -0.161. The maximum Gasteiger partial charge on any atom is 0.472 e. The first kappa shape index (κ1) is 55.5. The van der Waals surface area contributed by atoms with E-state index < -0.39 is 70.6 Å². The third kappa shape index (κ3) is 29.7. The molecule has 60 heavy (non-hydrogen) atoms. The number of carbonyl (C=O) groups is 3. The van der Waals surface area contributed by atoms with Crippen molar-refractivity contribution in [3.63, 3.8) is 0 Å². The van der Waals surface area contributed by atoms with Crippen molar-refractivity contribution in [1.29, 1.82) is 0 Å². The monoisotopic (exact) mass is 871 g/mol. The maximum absolute atomic E-state index is 12.7. The van der Waals surface area contributed by atoms with Crippen molar-refractivity contribution >= 4 is 25.5 Å². The fourth-order valence-electron chi connectivity index (χ4n) is 6.78. The van der Waals surface area contributed by atoms with Crippen LogP contribution >= 0.6 is 7.82 Å². The topological polar surface area (TPSA) is 206 Å². The second kappa shape index (κ2) is 36.0. The molecule has 5 N–H and O–H groups in total. The van der Waals surface area contributed by atoms with Crippen LogP contribution < -0.4 is 0 Å². The summed E-state index contributed by atoms with van der Waals surface area (Å²) in [6.45, 7) is 1.94. The number of ether oxygens (including phenoxy) is 2. The molecule has 13 nitrogen and oxygen atoms in total. The van der Waals surface area contributed by atoms with E-state index in [1.54, 1.807) is 12.2 Å². The van der Waals surface area contributed by atoms with Gasteiger partial charge >= 0.3 is 19.8 Å². The molecule has 0 bridgehead atoms. The minimum Gasteiger partial charge on any atom is -0.462 e. The second-order valence-corrected chi connectivity index (χ2v) is 17.3. The Balaban J connectivity index is 2.45. The van der Waals surface area contributed by atoms with Gasteiger partial charge in [0, 0.05) is 31.1 Å².